The molecule has 0 aromatic heterocycles. The molecule has 1 rings (SSSR count). The first-order chi connectivity index (χ1) is 8.91. The first-order valence-corrected chi connectivity index (χ1v) is 5.77. The number of carbonyl (C=O) groups is 3. The summed E-state index contributed by atoms with van der Waals surface area (Å²) < 4.78 is 0. The van der Waals surface area contributed by atoms with Crippen LogP contribution in [-0.2, 0) is 24.2 Å². The summed E-state index contributed by atoms with van der Waals surface area (Å²) in [5.41, 5.74) is 5.34. The zero-order valence-electron chi connectivity index (χ0n) is 10.2. The molecular formula is C10H16N2O7. The van der Waals surface area contributed by atoms with E-state index in [0.717, 1.165) is 5.06 Å². The fraction of sp³-hybridized carbons (Fsp3) is 0.700. The normalized spacial score (nSPS) is 20.8. The van der Waals surface area contributed by atoms with Gasteiger partial charge in [-0.1, -0.05) is 0 Å². The van der Waals surface area contributed by atoms with E-state index < -0.39 is 30.0 Å². The number of carboxylic acid groups (broad SMARTS) is 1. The van der Waals surface area contributed by atoms with Crippen molar-refractivity contribution in [3.05, 3.63) is 0 Å². The lowest BCUT2D eigenvalue weighted by molar-refractivity contribution is -0.268. The summed E-state index contributed by atoms with van der Waals surface area (Å²) in [7, 11) is 0. The highest BCUT2D eigenvalue weighted by atomic mass is 17.2. The highest BCUT2D eigenvalue weighted by molar-refractivity contribution is 5.79. The number of hydrogen-bond acceptors (Lipinski definition) is 8. The van der Waals surface area contributed by atoms with E-state index >= 15 is 0 Å². The molecule has 0 saturated carbocycles. The van der Waals surface area contributed by atoms with Gasteiger partial charge in [-0.3, -0.25) is 4.79 Å². The minimum absolute atomic E-state index is 0.124. The van der Waals surface area contributed by atoms with Crippen molar-refractivity contribution in [1.82, 2.24) is 5.06 Å². The molecule has 108 valence electrons. The molecule has 9 heteroatoms. The Labute approximate surface area is 108 Å². The quantitative estimate of drug-likeness (QED) is 0.427. The molecule has 4 N–H and O–H groups in total. The second kappa shape index (κ2) is 7.02. The molecule has 1 unspecified atom stereocenters. The van der Waals surface area contributed by atoms with E-state index in [1.165, 1.54) is 0 Å². The molecule has 19 heavy (non-hydrogen) atoms. The summed E-state index contributed by atoms with van der Waals surface area (Å²) in [6.45, 7) is 0.339. The van der Waals surface area contributed by atoms with Gasteiger partial charge >= 0.3 is 17.9 Å². The van der Waals surface area contributed by atoms with Crippen LogP contribution in [0, 0.1) is 0 Å². The largest absolute Gasteiger partial charge is 0.481 e. The average Bonchev–Trinajstić information content (AvgIpc) is 2.78. The lowest BCUT2D eigenvalue weighted by atomic mass is 10.2. The molecule has 9 nitrogen and oxygen atoms in total. The van der Waals surface area contributed by atoms with Crippen LogP contribution in [0.4, 0.5) is 0 Å². The van der Waals surface area contributed by atoms with Crippen molar-refractivity contribution in [2.75, 3.05) is 6.54 Å². The van der Waals surface area contributed by atoms with E-state index in [4.69, 9.17) is 10.8 Å². The molecule has 1 fully saturated rings. The molecule has 1 saturated heterocycles. The Kier molecular flexibility index (Phi) is 5.67. The Morgan fingerprint density at radius 3 is 2.58 bits per heavy atom. The minimum Gasteiger partial charge on any atom is -0.481 e. The number of carboxylic acids is 1. The first-order valence-electron chi connectivity index (χ1n) is 5.77. The van der Waals surface area contributed by atoms with Crippen LogP contribution in [0.1, 0.15) is 25.7 Å². The van der Waals surface area contributed by atoms with Crippen LogP contribution in [0.15, 0.2) is 0 Å². The summed E-state index contributed by atoms with van der Waals surface area (Å²) in [6, 6.07) is -2.04. The van der Waals surface area contributed by atoms with Gasteiger partial charge in [0.2, 0.25) is 0 Å². The van der Waals surface area contributed by atoms with Crippen LogP contribution >= 0.6 is 0 Å². The van der Waals surface area contributed by atoms with Crippen molar-refractivity contribution >= 4 is 17.9 Å². The fourth-order valence-corrected chi connectivity index (χ4v) is 1.59. The predicted molar refractivity (Wildman–Crippen MR) is 58.5 cm³/mol. The Morgan fingerprint density at radius 2 is 2.05 bits per heavy atom. The highest BCUT2D eigenvalue weighted by Gasteiger charge is 2.33. The van der Waals surface area contributed by atoms with Gasteiger partial charge in [0.1, 0.15) is 12.1 Å². The van der Waals surface area contributed by atoms with Crippen LogP contribution in [0.5, 0.6) is 0 Å². The lowest BCUT2D eigenvalue weighted by Crippen LogP contribution is -2.38. The van der Waals surface area contributed by atoms with Crippen molar-refractivity contribution in [1.29, 1.82) is 0 Å². The van der Waals surface area contributed by atoms with Crippen molar-refractivity contribution in [3.8, 4) is 0 Å². The van der Waals surface area contributed by atoms with Gasteiger partial charge in [0, 0.05) is 13.0 Å². The van der Waals surface area contributed by atoms with Crippen molar-refractivity contribution in [3.63, 3.8) is 0 Å². The fourth-order valence-electron chi connectivity index (χ4n) is 1.59. The number of carbonyl (C=O) groups excluding carboxylic acids is 2. The van der Waals surface area contributed by atoms with E-state index in [1.54, 1.807) is 0 Å². The average molecular weight is 276 g/mol. The predicted octanol–water partition coefficient (Wildman–Crippen LogP) is -0.966. The van der Waals surface area contributed by atoms with Crippen molar-refractivity contribution in [2.24, 2.45) is 5.73 Å². The van der Waals surface area contributed by atoms with E-state index in [9.17, 15) is 19.6 Å². The van der Waals surface area contributed by atoms with Crippen molar-refractivity contribution in [2.45, 2.75) is 37.8 Å². The summed E-state index contributed by atoms with van der Waals surface area (Å²) in [5.74, 6) is -3.02. The molecular weight excluding hydrogens is 260 g/mol. The number of nitrogens with two attached hydrogens (primary N) is 1. The Hall–Kier alpha value is -1.71. The zero-order valence-corrected chi connectivity index (χ0v) is 10.2. The lowest BCUT2D eigenvalue weighted by Gasteiger charge is -2.15. The maximum atomic E-state index is 11.4. The topological polar surface area (TPSA) is 139 Å². The number of hydroxylamine groups is 2. The molecule has 0 radical (unpaired) electrons. The zero-order chi connectivity index (χ0) is 14.4. The third kappa shape index (κ3) is 4.81. The SMILES string of the molecule is N[C@H](CCC(=O)O)C(=O)OOC(=O)C1CCCN1O. The molecule has 0 spiro atoms. The van der Waals surface area contributed by atoms with Gasteiger partial charge in [0.05, 0.1) is 0 Å². The van der Waals surface area contributed by atoms with Crippen LogP contribution in [-0.4, -0.2) is 51.9 Å². The van der Waals surface area contributed by atoms with Gasteiger partial charge in [0.15, 0.2) is 0 Å². The van der Waals surface area contributed by atoms with E-state index in [0.29, 0.717) is 19.4 Å². The van der Waals surface area contributed by atoms with Gasteiger partial charge in [-0.15, -0.1) is 0 Å². The van der Waals surface area contributed by atoms with Gasteiger partial charge in [-0.05, 0) is 19.3 Å². The summed E-state index contributed by atoms with van der Waals surface area (Å²) >= 11 is 0. The Balaban J connectivity index is 2.29. The molecule has 0 aromatic carbocycles. The summed E-state index contributed by atoms with van der Waals surface area (Å²) in [5, 5.41) is 18.5. The molecule has 0 aliphatic carbocycles. The molecule has 0 bridgehead atoms. The number of hydrogen-bond donors (Lipinski definition) is 3. The maximum Gasteiger partial charge on any atom is 0.374 e. The molecule has 1 heterocycles. The minimum atomic E-state index is -1.18. The Bertz CT molecular complexity index is 360. The van der Waals surface area contributed by atoms with E-state index in [1.807, 2.05) is 0 Å². The van der Waals surface area contributed by atoms with E-state index in [-0.39, 0.29) is 12.8 Å². The third-order valence-electron chi connectivity index (χ3n) is 2.67. The summed E-state index contributed by atoms with van der Waals surface area (Å²) in [6.07, 6.45) is 0.610. The van der Waals surface area contributed by atoms with Gasteiger partial charge in [-0.25, -0.2) is 19.4 Å². The Morgan fingerprint density at radius 1 is 1.37 bits per heavy atom. The molecule has 1 aliphatic rings. The highest BCUT2D eigenvalue weighted by Crippen LogP contribution is 2.15. The molecule has 0 aromatic rings. The smallest absolute Gasteiger partial charge is 0.374 e. The van der Waals surface area contributed by atoms with Crippen LogP contribution in [0.2, 0.25) is 0 Å². The number of aliphatic carboxylic acids is 1. The maximum absolute atomic E-state index is 11.4. The second-order valence-corrected chi connectivity index (χ2v) is 4.16. The molecule has 2 atom stereocenters. The van der Waals surface area contributed by atoms with Crippen LogP contribution in [0.3, 0.4) is 0 Å². The monoisotopic (exact) mass is 276 g/mol. The van der Waals surface area contributed by atoms with Crippen LogP contribution < -0.4 is 5.73 Å². The third-order valence-corrected chi connectivity index (χ3v) is 2.67. The molecule has 0 amide bonds. The molecule has 1 aliphatic heterocycles. The van der Waals surface area contributed by atoms with Gasteiger partial charge in [-0.2, -0.15) is 5.06 Å². The number of nitrogens with zero attached hydrogens (tertiary/aromatic N) is 1. The van der Waals surface area contributed by atoms with Crippen molar-refractivity contribution < 1.29 is 34.5 Å². The van der Waals surface area contributed by atoms with Gasteiger partial charge in [0.25, 0.3) is 0 Å². The first kappa shape index (κ1) is 15.3. The number of rotatable bonds is 5. The van der Waals surface area contributed by atoms with Gasteiger partial charge < -0.3 is 16.0 Å². The van der Waals surface area contributed by atoms with Crippen LogP contribution in [0.25, 0.3) is 0 Å². The second-order valence-electron chi connectivity index (χ2n) is 4.16. The summed E-state index contributed by atoms with van der Waals surface area (Å²) in [4.78, 5) is 41.4. The van der Waals surface area contributed by atoms with E-state index in [2.05, 4.69) is 9.78 Å². The standard InChI is InChI=1S/C10H16N2O7/c11-6(3-4-8(13)14)9(15)18-19-10(16)7-2-1-5-12(7)17/h6-7,17H,1-5,11H2,(H,13,14)/t6-,7?/m1/s1.